The summed E-state index contributed by atoms with van der Waals surface area (Å²) in [6, 6.07) is 6.44. The zero-order valence-corrected chi connectivity index (χ0v) is 9.67. The number of rotatable bonds is 4. The lowest BCUT2D eigenvalue weighted by Crippen LogP contribution is -2.04. The lowest BCUT2D eigenvalue weighted by Gasteiger charge is -2.01. The van der Waals surface area contributed by atoms with Crippen molar-refractivity contribution in [2.75, 3.05) is 6.61 Å². The standard InChI is InChI=1S/C12H13NO4/c1-3-17-12(14)11-6-4-10(5-7-11)8-9(2)13(15)16/h4-8H,3H2,1-2H3/b9-8+. The highest BCUT2D eigenvalue weighted by molar-refractivity contribution is 5.89. The Labute approximate surface area is 98.9 Å². The van der Waals surface area contributed by atoms with Crippen LogP contribution in [-0.4, -0.2) is 17.5 Å². The Kier molecular flexibility index (Phi) is 4.39. The van der Waals surface area contributed by atoms with Gasteiger partial charge in [0, 0.05) is 13.0 Å². The van der Waals surface area contributed by atoms with Gasteiger partial charge in [-0.15, -0.1) is 0 Å². The molecule has 0 saturated carbocycles. The van der Waals surface area contributed by atoms with Gasteiger partial charge in [-0.05, 0) is 24.6 Å². The molecule has 0 heterocycles. The SMILES string of the molecule is CCOC(=O)c1ccc(/C=C(\C)[N+](=O)[O-])cc1. The fourth-order valence-corrected chi connectivity index (χ4v) is 1.22. The van der Waals surface area contributed by atoms with Crippen molar-refractivity contribution >= 4 is 12.0 Å². The maximum atomic E-state index is 11.3. The summed E-state index contributed by atoms with van der Waals surface area (Å²) in [5.41, 5.74) is 1.16. The minimum atomic E-state index is -0.459. The molecule has 1 rings (SSSR count). The molecule has 0 aliphatic carbocycles. The fourth-order valence-electron chi connectivity index (χ4n) is 1.22. The molecule has 90 valence electrons. The van der Waals surface area contributed by atoms with Gasteiger partial charge in [-0.1, -0.05) is 12.1 Å². The molecule has 0 saturated heterocycles. The molecule has 0 aromatic heterocycles. The highest BCUT2D eigenvalue weighted by Crippen LogP contribution is 2.10. The molecule has 0 fully saturated rings. The Morgan fingerprint density at radius 3 is 2.47 bits per heavy atom. The number of nitro groups is 1. The van der Waals surface area contributed by atoms with Crippen LogP contribution < -0.4 is 0 Å². The largest absolute Gasteiger partial charge is 0.462 e. The van der Waals surface area contributed by atoms with E-state index in [9.17, 15) is 14.9 Å². The van der Waals surface area contributed by atoms with Crippen molar-refractivity contribution in [3.8, 4) is 0 Å². The number of hydrogen-bond acceptors (Lipinski definition) is 4. The van der Waals surface area contributed by atoms with Crippen LogP contribution in [0.4, 0.5) is 0 Å². The van der Waals surface area contributed by atoms with Gasteiger partial charge in [0.25, 0.3) is 0 Å². The van der Waals surface area contributed by atoms with E-state index in [-0.39, 0.29) is 5.70 Å². The molecular formula is C12H13NO4. The van der Waals surface area contributed by atoms with Crippen molar-refractivity contribution in [2.24, 2.45) is 0 Å². The highest BCUT2D eigenvalue weighted by atomic mass is 16.6. The molecule has 0 aliphatic heterocycles. The normalized spacial score (nSPS) is 11.1. The van der Waals surface area contributed by atoms with Crippen LogP contribution in [-0.2, 0) is 4.74 Å². The van der Waals surface area contributed by atoms with Gasteiger partial charge < -0.3 is 4.74 Å². The van der Waals surface area contributed by atoms with E-state index in [2.05, 4.69) is 0 Å². The third kappa shape index (κ3) is 3.71. The zero-order valence-electron chi connectivity index (χ0n) is 9.67. The average Bonchev–Trinajstić information content (AvgIpc) is 2.30. The van der Waals surface area contributed by atoms with Crippen molar-refractivity contribution < 1.29 is 14.5 Å². The molecule has 0 amide bonds. The van der Waals surface area contributed by atoms with E-state index in [0.29, 0.717) is 17.7 Å². The molecule has 0 radical (unpaired) electrons. The van der Waals surface area contributed by atoms with E-state index in [1.165, 1.54) is 13.0 Å². The van der Waals surface area contributed by atoms with E-state index in [1.54, 1.807) is 31.2 Å². The van der Waals surface area contributed by atoms with Crippen LogP contribution in [0.5, 0.6) is 0 Å². The second-order valence-corrected chi connectivity index (χ2v) is 3.39. The number of ether oxygens (including phenoxy) is 1. The minimum Gasteiger partial charge on any atom is -0.462 e. The fraction of sp³-hybridized carbons (Fsp3) is 0.250. The van der Waals surface area contributed by atoms with Crippen molar-refractivity contribution in [1.82, 2.24) is 0 Å². The maximum Gasteiger partial charge on any atom is 0.338 e. The van der Waals surface area contributed by atoms with E-state index in [1.807, 2.05) is 0 Å². The van der Waals surface area contributed by atoms with Gasteiger partial charge in [0.2, 0.25) is 5.70 Å². The first-order chi connectivity index (χ1) is 8.04. The van der Waals surface area contributed by atoms with E-state index in [0.717, 1.165) is 0 Å². The third-order valence-corrected chi connectivity index (χ3v) is 2.09. The maximum absolute atomic E-state index is 11.3. The molecule has 0 unspecified atom stereocenters. The van der Waals surface area contributed by atoms with Crippen LogP contribution in [0.15, 0.2) is 30.0 Å². The van der Waals surface area contributed by atoms with Crippen LogP contribution in [0.2, 0.25) is 0 Å². The Hall–Kier alpha value is -2.17. The quantitative estimate of drug-likeness (QED) is 0.456. The summed E-state index contributed by atoms with van der Waals surface area (Å²) in [5, 5.41) is 10.4. The summed E-state index contributed by atoms with van der Waals surface area (Å²) in [6.45, 7) is 3.47. The molecular weight excluding hydrogens is 222 g/mol. The number of allylic oxidation sites excluding steroid dienone is 1. The predicted molar refractivity (Wildman–Crippen MR) is 63.0 cm³/mol. The van der Waals surface area contributed by atoms with Crippen molar-refractivity contribution in [1.29, 1.82) is 0 Å². The predicted octanol–water partition coefficient (Wildman–Crippen LogP) is 2.50. The second-order valence-electron chi connectivity index (χ2n) is 3.39. The van der Waals surface area contributed by atoms with Gasteiger partial charge >= 0.3 is 5.97 Å². The smallest absolute Gasteiger partial charge is 0.338 e. The van der Waals surface area contributed by atoms with E-state index < -0.39 is 10.9 Å². The van der Waals surface area contributed by atoms with Crippen LogP contribution >= 0.6 is 0 Å². The first-order valence-corrected chi connectivity index (χ1v) is 5.14. The highest BCUT2D eigenvalue weighted by Gasteiger charge is 2.06. The minimum absolute atomic E-state index is 0.0499. The zero-order chi connectivity index (χ0) is 12.8. The first-order valence-electron chi connectivity index (χ1n) is 5.14. The molecule has 0 aliphatic rings. The van der Waals surface area contributed by atoms with Crippen molar-refractivity contribution in [3.05, 3.63) is 51.2 Å². The Balaban J connectivity index is 2.85. The second kappa shape index (κ2) is 5.79. The van der Waals surface area contributed by atoms with Gasteiger partial charge in [0.1, 0.15) is 0 Å². The Morgan fingerprint density at radius 2 is 2.00 bits per heavy atom. The number of carbonyl (C=O) groups is 1. The van der Waals surface area contributed by atoms with E-state index in [4.69, 9.17) is 4.74 Å². The number of carbonyl (C=O) groups excluding carboxylic acids is 1. The third-order valence-electron chi connectivity index (χ3n) is 2.09. The lowest BCUT2D eigenvalue weighted by molar-refractivity contribution is -0.422. The molecule has 0 atom stereocenters. The molecule has 1 aromatic rings. The average molecular weight is 235 g/mol. The molecule has 5 nitrogen and oxygen atoms in total. The molecule has 0 bridgehead atoms. The summed E-state index contributed by atoms with van der Waals surface area (Å²) >= 11 is 0. The molecule has 17 heavy (non-hydrogen) atoms. The summed E-state index contributed by atoms with van der Waals surface area (Å²) in [7, 11) is 0. The first kappa shape index (κ1) is 12.9. The number of benzene rings is 1. The van der Waals surface area contributed by atoms with Crippen LogP contribution in [0, 0.1) is 10.1 Å². The summed E-state index contributed by atoms with van der Waals surface area (Å²) in [4.78, 5) is 21.3. The molecule has 0 spiro atoms. The van der Waals surface area contributed by atoms with Gasteiger partial charge in [0.05, 0.1) is 17.1 Å². The van der Waals surface area contributed by atoms with E-state index >= 15 is 0 Å². The molecule has 1 aromatic carbocycles. The summed E-state index contributed by atoms with van der Waals surface area (Å²) < 4.78 is 4.82. The van der Waals surface area contributed by atoms with Crippen molar-refractivity contribution in [2.45, 2.75) is 13.8 Å². The number of nitrogens with zero attached hydrogens (tertiary/aromatic N) is 1. The molecule has 5 heteroatoms. The number of esters is 1. The summed E-state index contributed by atoms with van der Waals surface area (Å²) in [6.07, 6.45) is 1.44. The van der Waals surface area contributed by atoms with Gasteiger partial charge in [-0.2, -0.15) is 0 Å². The van der Waals surface area contributed by atoms with Gasteiger partial charge in [0.15, 0.2) is 0 Å². The Morgan fingerprint density at radius 1 is 1.41 bits per heavy atom. The van der Waals surface area contributed by atoms with Gasteiger partial charge in [-0.3, -0.25) is 10.1 Å². The Bertz CT molecular complexity index is 448. The molecule has 0 N–H and O–H groups in total. The van der Waals surface area contributed by atoms with Crippen LogP contribution in [0.25, 0.3) is 6.08 Å². The summed E-state index contributed by atoms with van der Waals surface area (Å²) in [5.74, 6) is -0.394. The van der Waals surface area contributed by atoms with Crippen molar-refractivity contribution in [3.63, 3.8) is 0 Å². The number of hydrogen-bond donors (Lipinski definition) is 0. The van der Waals surface area contributed by atoms with Crippen LogP contribution in [0.1, 0.15) is 29.8 Å². The topological polar surface area (TPSA) is 69.4 Å². The van der Waals surface area contributed by atoms with Crippen LogP contribution in [0.3, 0.4) is 0 Å². The monoisotopic (exact) mass is 235 g/mol. The lowest BCUT2D eigenvalue weighted by atomic mass is 10.1. The van der Waals surface area contributed by atoms with Gasteiger partial charge in [-0.25, -0.2) is 4.79 Å².